The molecule has 60 heavy (non-hydrogen) atoms. The van der Waals surface area contributed by atoms with Crippen molar-refractivity contribution >= 4 is 118 Å². The number of para-hydroxylation sites is 4. The molecule has 296 valence electrons. The van der Waals surface area contributed by atoms with Crippen LogP contribution in [0, 0.1) is 10.1 Å². The van der Waals surface area contributed by atoms with E-state index in [1.807, 2.05) is 64.5 Å². The lowest BCUT2D eigenvalue weighted by atomic mass is 10.0. The third kappa shape index (κ3) is 7.68. The molecule has 2 heterocycles. The molecule has 0 saturated heterocycles. The number of benzene rings is 8. The van der Waals surface area contributed by atoms with Gasteiger partial charge in [-0.05, 0) is 117 Å². The molecule has 0 bridgehead atoms. The molecule has 0 spiro atoms. The third-order valence-electron chi connectivity index (χ3n) is 10.8. The van der Waals surface area contributed by atoms with E-state index in [4.69, 9.17) is 23.2 Å². The van der Waals surface area contributed by atoms with Crippen molar-refractivity contribution in [1.29, 1.82) is 0 Å². The summed E-state index contributed by atoms with van der Waals surface area (Å²) in [6.07, 6.45) is 0.965. The fraction of sp³-hybridized carbons (Fsp3) is 0.0588. The van der Waals surface area contributed by atoms with Gasteiger partial charge in [0.05, 0.1) is 32.6 Å². The van der Waals surface area contributed by atoms with Gasteiger partial charge >= 0.3 is 0 Å². The number of aromatic nitrogens is 2. The summed E-state index contributed by atoms with van der Waals surface area (Å²) in [7, 11) is 0. The van der Waals surface area contributed by atoms with Gasteiger partial charge in [-0.1, -0.05) is 165 Å². The quantitative estimate of drug-likeness (QED) is 0.0763. The Morgan fingerprint density at radius 2 is 0.900 bits per heavy atom. The molecule has 2 aromatic heterocycles. The standard InChI is InChI=1S/C25H16ClN.C24H15ClN2O2.2CH3I/c26-18-10-9-16-13-17-14-19(11-12-20(17)23(16)15-18)27-24-7-3-1-5-21(24)22-6-2-4-8-25(22)27;25-17-11-14-24(27(28)29)21(15-17)16-9-12-18(13-10-16)26-22-7-3-1-5-19(22)20-6-2-4-8-23(20)26;2*1-2/h1-12,14-15H,13H2;1-15H;2*1H3. The Bertz CT molecular complexity index is 3090. The van der Waals surface area contributed by atoms with Gasteiger partial charge in [0.15, 0.2) is 0 Å². The first-order valence-corrected chi connectivity index (χ1v) is 24.2. The minimum absolute atomic E-state index is 0.0408. The van der Waals surface area contributed by atoms with Gasteiger partial charge in [-0.3, -0.25) is 10.1 Å². The van der Waals surface area contributed by atoms with Crippen molar-refractivity contribution in [2.45, 2.75) is 6.42 Å². The highest BCUT2D eigenvalue weighted by Crippen LogP contribution is 2.41. The molecule has 0 atom stereocenters. The average Bonchev–Trinajstić information content (AvgIpc) is 3.95. The summed E-state index contributed by atoms with van der Waals surface area (Å²) in [5.41, 5.74) is 13.5. The van der Waals surface area contributed by atoms with Gasteiger partial charge in [0.1, 0.15) is 0 Å². The molecule has 0 N–H and O–H groups in total. The highest BCUT2D eigenvalue weighted by Gasteiger charge is 2.21. The number of halogens is 4. The van der Waals surface area contributed by atoms with Crippen LogP contribution in [-0.2, 0) is 6.42 Å². The Hall–Kier alpha value is -5.20. The van der Waals surface area contributed by atoms with Crippen molar-refractivity contribution in [2.75, 3.05) is 9.86 Å². The Morgan fingerprint density at radius 3 is 1.40 bits per heavy atom. The van der Waals surface area contributed by atoms with E-state index in [1.54, 1.807) is 6.07 Å². The molecule has 1 aliphatic carbocycles. The fourth-order valence-electron chi connectivity index (χ4n) is 8.38. The van der Waals surface area contributed by atoms with Crippen molar-refractivity contribution in [1.82, 2.24) is 9.13 Å². The topological polar surface area (TPSA) is 53.0 Å². The second-order valence-corrected chi connectivity index (χ2v) is 14.9. The molecule has 0 radical (unpaired) electrons. The zero-order valence-electron chi connectivity index (χ0n) is 32.6. The van der Waals surface area contributed by atoms with Crippen LogP contribution >= 0.6 is 68.4 Å². The first kappa shape index (κ1) is 41.5. The Kier molecular flexibility index (Phi) is 12.6. The summed E-state index contributed by atoms with van der Waals surface area (Å²) in [6.45, 7) is 0. The van der Waals surface area contributed by atoms with E-state index in [0.29, 0.717) is 10.6 Å². The van der Waals surface area contributed by atoms with E-state index < -0.39 is 0 Å². The van der Waals surface area contributed by atoms with Gasteiger partial charge in [-0.25, -0.2) is 0 Å². The molecule has 9 heteroatoms. The number of alkyl halides is 2. The van der Waals surface area contributed by atoms with E-state index in [-0.39, 0.29) is 10.6 Å². The summed E-state index contributed by atoms with van der Waals surface area (Å²) in [4.78, 5) is 15.0. The summed E-state index contributed by atoms with van der Waals surface area (Å²) < 4.78 is 4.59. The molecule has 5 nitrogen and oxygen atoms in total. The molecule has 8 aromatic carbocycles. The molecule has 11 rings (SSSR count). The van der Waals surface area contributed by atoms with Gasteiger partial charge in [-0.2, -0.15) is 0 Å². The molecular formula is C51H37Cl2I2N3O2. The minimum Gasteiger partial charge on any atom is -0.309 e. The highest BCUT2D eigenvalue weighted by atomic mass is 127. The third-order valence-corrected chi connectivity index (χ3v) is 11.3. The Labute approximate surface area is 385 Å². The summed E-state index contributed by atoms with van der Waals surface area (Å²) >= 11 is 16.6. The summed E-state index contributed by atoms with van der Waals surface area (Å²) in [5, 5.41) is 17.7. The number of nitrogens with zero attached hydrogens (tertiary/aromatic N) is 3. The summed E-state index contributed by atoms with van der Waals surface area (Å²) in [6, 6.07) is 59.3. The number of hydrogen-bond acceptors (Lipinski definition) is 2. The average molecular weight is 1050 g/mol. The number of hydrogen-bond donors (Lipinski definition) is 0. The number of fused-ring (bicyclic) bond motifs is 9. The second-order valence-electron chi connectivity index (χ2n) is 14.0. The van der Waals surface area contributed by atoms with Crippen molar-refractivity contribution in [2.24, 2.45) is 0 Å². The van der Waals surface area contributed by atoms with Crippen LogP contribution in [0.15, 0.2) is 176 Å². The van der Waals surface area contributed by atoms with Crippen molar-refractivity contribution < 1.29 is 4.92 Å². The van der Waals surface area contributed by atoms with E-state index >= 15 is 0 Å². The molecule has 0 aliphatic heterocycles. The lowest BCUT2D eigenvalue weighted by Gasteiger charge is -2.10. The second kappa shape index (κ2) is 18.2. The molecule has 0 unspecified atom stereocenters. The van der Waals surface area contributed by atoms with E-state index in [1.165, 1.54) is 72.7 Å². The smallest absolute Gasteiger partial charge is 0.277 e. The van der Waals surface area contributed by atoms with E-state index in [0.717, 1.165) is 33.7 Å². The van der Waals surface area contributed by atoms with Crippen LogP contribution in [0.5, 0.6) is 0 Å². The largest absolute Gasteiger partial charge is 0.309 e. The molecular weight excluding hydrogens is 1010 g/mol. The number of nitro benzene ring substituents is 1. The lowest BCUT2D eigenvalue weighted by molar-refractivity contribution is -0.384. The van der Waals surface area contributed by atoms with Crippen LogP contribution in [0.1, 0.15) is 11.1 Å². The molecule has 0 fully saturated rings. The fourth-order valence-corrected chi connectivity index (χ4v) is 8.72. The van der Waals surface area contributed by atoms with Crippen LogP contribution in [0.3, 0.4) is 0 Å². The predicted molar refractivity (Wildman–Crippen MR) is 272 cm³/mol. The SMILES string of the molecule is CI.CI.Clc1ccc2c(c1)-c1ccc(-n3c4ccccc4c4ccccc43)cc1C2.O=[N+]([O-])c1ccc(Cl)cc1-c1ccc(-n2c3ccccc3c3ccccc32)cc1. The van der Waals surface area contributed by atoms with Gasteiger partial charge < -0.3 is 9.13 Å². The van der Waals surface area contributed by atoms with Crippen LogP contribution in [-0.4, -0.2) is 23.9 Å². The van der Waals surface area contributed by atoms with Gasteiger partial charge in [-0.15, -0.1) is 0 Å². The van der Waals surface area contributed by atoms with Gasteiger partial charge in [0.25, 0.3) is 5.69 Å². The maximum absolute atomic E-state index is 11.4. The maximum Gasteiger partial charge on any atom is 0.277 e. The van der Waals surface area contributed by atoms with Crippen molar-refractivity contribution in [3.63, 3.8) is 0 Å². The van der Waals surface area contributed by atoms with E-state index in [9.17, 15) is 10.1 Å². The van der Waals surface area contributed by atoms with E-state index in [2.05, 4.69) is 157 Å². The van der Waals surface area contributed by atoms with Crippen LogP contribution in [0.2, 0.25) is 10.0 Å². The molecule has 0 amide bonds. The van der Waals surface area contributed by atoms with Crippen LogP contribution in [0.4, 0.5) is 5.69 Å². The molecule has 10 aromatic rings. The van der Waals surface area contributed by atoms with Crippen LogP contribution < -0.4 is 0 Å². The first-order chi connectivity index (χ1) is 29.4. The number of nitro groups is 1. The zero-order valence-corrected chi connectivity index (χ0v) is 38.4. The van der Waals surface area contributed by atoms with Crippen molar-refractivity contribution in [3.8, 4) is 33.6 Å². The minimum atomic E-state index is -0.382. The predicted octanol–water partition coefficient (Wildman–Crippen LogP) is 16.1. The van der Waals surface area contributed by atoms with Gasteiger partial charge in [0, 0.05) is 49.0 Å². The highest BCUT2D eigenvalue weighted by molar-refractivity contribution is 14.1. The lowest BCUT2D eigenvalue weighted by Crippen LogP contribution is -1.95. The van der Waals surface area contributed by atoms with Gasteiger partial charge in [0.2, 0.25) is 0 Å². The Balaban J connectivity index is 0.000000154. The monoisotopic (exact) mass is 1050 g/mol. The summed E-state index contributed by atoms with van der Waals surface area (Å²) in [5.74, 6) is 0. The van der Waals surface area contributed by atoms with Crippen molar-refractivity contribution in [3.05, 3.63) is 207 Å². The Morgan fingerprint density at radius 1 is 0.467 bits per heavy atom. The molecule has 0 saturated carbocycles. The van der Waals surface area contributed by atoms with Crippen LogP contribution in [0.25, 0.3) is 77.2 Å². The maximum atomic E-state index is 11.4. The molecule has 1 aliphatic rings. The first-order valence-electron chi connectivity index (χ1n) is 19.1. The number of rotatable bonds is 4. The zero-order chi connectivity index (χ0) is 41.9. The normalized spacial score (nSPS) is 11.2.